The second-order valence-corrected chi connectivity index (χ2v) is 8.33. The van der Waals surface area contributed by atoms with Crippen molar-refractivity contribution >= 4 is 15.9 Å². The molecule has 6 nitrogen and oxygen atoms in total. The Balaban J connectivity index is 1.73. The molecule has 1 aromatic carbocycles. The summed E-state index contributed by atoms with van der Waals surface area (Å²) in [5, 5.41) is 2.80. The summed E-state index contributed by atoms with van der Waals surface area (Å²) in [6.07, 6.45) is 7.23. The first-order valence-corrected chi connectivity index (χ1v) is 10.3. The van der Waals surface area contributed by atoms with Crippen LogP contribution in [0.4, 0.5) is 0 Å². The summed E-state index contributed by atoms with van der Waals surface area (Å²) in [6, 6.07) is 9.92. The molecule has 0 bridgehead atoms. The van der Waals surface area contributed by atoms with Gasteiger partial charge in [-0.1, -0.05) is 25.0 Å². The maximum absolute atomic E-state index is 12.9. The van der Waals surface area contributed by atoms with E-state index in [0.717, 1.165) is 31.2 Å². The van der Waals surface area contributed by atoms with Gasteiger partial charge in [0.25, 0.3) is 5.91 Å². The lowest BCUT2D eigenvalue weighted by Crippen LogP contribution is -2.32. The van der Waals surface area contributed by atoms with Crippen molar-refractivity contribution in [3.8, 4) is 0 Å². The molecule has 0 unspecified atom stereocenters. The number of carbonyl (C=O) groups is 1. The monoisotopic (exact) mass is 373 g/mol. The van der Waals surface area contributed by atoms with E-state index >= 15 is 0 Å². The molecular formula is C19H23N3O3S. The van der Waals surface area contributed by atoms with Gasteiger partial charge in [0, 0.05) is 37.6 Å². The number of sulfonamides is 1. The third-order valence-corrected chi connectivity index (χ3v) is 6.37. The zero-order valence-electron chi connectivity index (χ0n) is 14.6. The molecule has 0 saturated carbocycles. The van der Waals surface area contributed by atoms with E-state index in [4.69, 9.17) is 0 Å². The van der Waals surface area contributed by atoms with Gasteiger partial charge in [0.15, 0.2) is 0 Å². The molecule has 2 aromatic rings. The van der Waals surface area contributed by atoms with Crippen LogP contribution >= 0.6 is 0 Å². The van der Waals surface area contributed by atoms with E-state index in [1.165, 1.54) is 10.4 Å². The lowest BCUT2D eigenvalue weighted by atomic mass is 10.2. The molecule has 1 aliphatic rings. The maximum atomic E-state index is 12.9. The first-order chi connectivity index (χ1) is 12.6. The van der Waals surface area contributed by atoms with Crippen molar-refractivity contribution in [2.45, 2.75) is 37.1 Å². The highest BCUT2D eigenvalue weighted by Crippen LogP contribution is 2.21. The van der Waals surface area contributed by atoms with E-state index in [1.807, 2.05) is 6.07 Å². The van der Waals surface area contributed by atoms with E-state index in [0.29, 0.717) is 25.2 Å². The SMILES string of the molecule is O=C(NCc1cccnc1)c1cccc(S(=O)(=O)N2CCCCCC2)c1. The molecule has 2 heterocycles. The van der Waals surface area contributed by atoms with Gasteiger partial charge in [-0.15, -0.1) is 0 Å². The van der Waals surface area contributed by atoms with Gasteiger partial charge in [-0.25, -0.2) is 8.42 Å². The standard InChI is InChI=1S/C19H23N3O3S/c23-19(21-15-16-7-6-10-20-14-16)17-8-5-9-18(13-17)26(24,25)22-11-3-1-2-4-12-22/h5-10,13-14H,1-4,11-12,15H2,(H,21,23). The number of hydrogen-bond acceptors (Lipinski definition) is 4. The van der Waals surface area contributed by atoms with Crippen molar-refractivity contribution in [1.82, 2.24) is 14.6 Å². The molecule has 0 atom stereocenters. The number of nitrogens with one attached hydrogen (secondary N) is 1. The predicted molar refractivity (Wildman–Crippen MR) is 99.1 cm³/mol. The number of rotatable bonds is 5. The van der Waals surface area contributed by atoms with E-state index in [9.17, 15) is 13.2 Å². The summed E-state index contributed by atoms with van der Waals surface area (Å²) in [4.78, 5) is 16.6. The second kappa shape index (κ2) is 8.42. The Morgan fingerprint density at radius 2 is 1.85 bits per heavy atom. The zero-order valence-corrected chi connectivity index (χ0v) is 15.4. The largest absolute Gasteiger partial charge is 0.348 e. The minimum atomic E-state index is -3.57. The van der Waals surface area contributed by atoms with Crippen molar-refractivity contribution in [3.63, 3.8) is 0 Å². The van der Waals surface area contributed by atoms with Crippen LogP contribution in [0.3, 0.4) is 0 Å². The third kappa shape index (κ3) is 4.47. The van der Waals surface area contributed by atoms with Crippen molar-refractivity contribution in [3.05, 3.63) is 59.9 Å². The topological polar surface area (TPSA) is 79.4 Å². The average molecular weight is 373 g/mol. The van der Waals surface area contributed by atoms with Gasteiger partial charge in [0.2, 0.25) is 10.0 Å². The van der Waals surface area contributed by atoms with E-state index in [1.54, 1.807) is 36.7 Å². The van der Waals surface area contributed by atoms with Gasteiger partial charge >= 0.3 is 0 Å². The Kier molecular flexibility index (Phi) is 6.00. The van der Waals surface area contributed by atoms with Crippen LogP contribution in [0.1, 0.15) is 41.6 Å². The molecule has 0 spiro atoms. The maximum Gasteiger partial charge on any atom is 0.251 e. The number of carbonyl (C=O) groups excluding carboxylic acids is 1. The molecule has 1 N–H and O–H groups in total. The smallest absolute Gasteiger partial charge is 0.251 e. The quantitative estimate of drug-likeness (QED) is 0.874. The summed E-state index contributed by atoms with van der Waals surface area (Å²) in [5.74, 6) is -0.304. The van der Waals surface area contributed by atoms with Gasteiger partial charge in [-0.05, 0) is 42.7 Å². The third-order valence-electron chi connectivity index (χ3n) is 4.47. The Labute approximate surface area is 154 Å². The van der Waals surface area contributed by atoms with Crippen LogP contribution in [0.25, 0.3) is 0 Å². The normalized spacial score (nSPS) is 16.0. The van der Waals surface area contributed by atoms with E-state index in [-0.39, 0.29) is 10.8 Å². The highest BCUT2D eigenvalue weighted by molar-refractivity contribution is 7.89. The number of aromatic nitrogens is 1. The first-order valence-electron chi connectivity index (χ1n) is 8.85. The highest BCUT2D eigenvalue weighted by atomic mass is 32.2. The number of hydrogen-bond donors (Lipinski definition) is 1. The van der Waals surface area contributed by atoms with Gasteiger partial charge in [-0.2, -0.15) is 4.31 Å². The van der Waals surface area contributed by atoms with Gasteiger partial charge in [0.1, 0.15) is 0 Å². The van der Waals surface area contributed by atoms with Crippen LogP contribution in [0, 0.1) is 0 Å². The van der Waals surface area contributed by atoms with Crippen molar-refractivity contribution in [2.24, 2.45) is 0 Å². The van der Waals surface area contributed by atoms with Crippen LogP contribution in [-0.4, -0.2) is 36.7 Å². The Morgan fingerprint density at radius 1 is 1.08 bits per heavy atom. The second-order valence-electron chi connectivity index (χ2n) is 6.39. The number of pyridine rings is 1. The Morgan fingerprint density at radius 3 is 2.54 bits per heavy atom. The fraction of sp³-hybridized carbons (Fsp3) is 0.368. The van der Waals surface area contributed by atoms with Crippen LogP contribution in [0.2, 0.25) is 0 Å². The van der Waals surface area contributed by atoms with Crippen LogP contribution < -0.4 is 5.32 Å². The minimum absolute atomic E-state index is 0.174. The lowest BCUT2D eigenvalue weighted by Gasteiger charge is -2.20. The fourth-order valence-electron chi connectivity index (χ4n) is 3.02. The summed E-state index contributed by atoms with van der Waals surface area (Å²) < 4.78 is 27.3. The summed E-state index contributed by atoms with van der Waals surface area (Å²) in [5.41, 5.74) is 1.22. The zero-order chi connectivity index (χ0) is 18.4. The molecule has 1 aromatic heterocycles. The van der Waals surface area contributed by atoms with Crippen molar-refractivity contribution in [1.29, 1.82) is 0 Å². The Bertz CT molecular complexity index is 845. The molecule has 1 aliphatic heterocycles. The highest BCUT2D eigenvalue weighted by Gasteiger charge is 2.25. The molecule has 26 heavy (non-hydrogen) atoms. The van der Waals surface area contributed by atoms with Gasteiger partial charge in [0.05, 0.1) is 4.90 Å². The molecule has 0 aliphatic carbocycles. The number of nitrogens with zero attached hydrogens (tertiary/aromatic N) is 2. The number of benzene rings is 1. The molecule has 1 fully saturated rings. The van der Waals surface area contributed by atoms with Crippen LogP contribution in [-0.2, 0) is 16.6 Å². The van der Waals surface area contributed by atoms with Crippen LogP contribution in [0.15, 0.2) is 53.7 Å². The summed E-state index contributed by atoms with van der Waals surface area (Å²) in [6.45, 7) is 1.43. The molecule has 1 amide bonds. The molecular weight excluding hydrogens is 350 g/mol. The van der Waals surface area contributed by atoms with E-state index in [2.05, 4.69) is 10.3 Å². The molecule has 1 saturated heterocycles. The lowest BCUT2D eigenvalue weighted by molar-refractivity contribution is 0.0950. The van der Waals surface area contributed by atoms with Gasteiger partial charge < -0.3 is 5.32 Å². The minimum Gasteiger partial charge on any atom is -0.348 e. The fourth-order valence-corrected chi connectivity index (χ4v) is 4.58. The molecule has 7 heteroatoms. The Hall–Kier alpha value is -2.25. The first kappa shape index (κ1) is 18.5. The average Bonchev–Trinajstić information content (AvgIpc) is 2.97. The van der Waals surface area contributed by atoms with Crippen LogP contribution in [0.5, 0.6) is 0 Å². The molecule has 138 valence electrons. The summed E-state index contributed by atoms with van der Waals surface area (Å²) in [7, 11) is -3.57. The summed E-state index contributed by atoms with van der Waals surface area (Å²) >= 11 is 0. The van der Waals surface area contributed by atoms with E-state index < -0.39 is 10.0 Å². The molecule has 0 radical (unpaired) electrons. The van der Waals surface area contributed by atoms with Gasteiger partial charge in [-0.3, -0.25) is 9.78 Å². The van der Waals surface area contributed by atoms with Crippen molar-refractivity contribution in [2.75, 3.05) is 13.1 Å². The number of amides is 1. The van der Waals surface area contributed by atoms with Crippen molar-refractivity contribution < 1.29 is 13.2 Å². The molecule has 3 rings (SSSR count). The predicted octanol–water partition coefficient (Wildman–Crippen LogP) is 2.58.